The van der Waals surface area contributed by atoms with Gasteiger partial charge in [-0.1, -0.05) is 18.2 Å². The molecule has 4 nitrogen and oxygen atoms in total. The van der Waals surface area contributed by atoms with Gasteiger partial charge in [0.05, 0.1) is 22.9 Å². The van der Waals surface area contributed by atoms with E-state index in [4.69, 9.17) is 11.6 Å². The predicted octanol–water partition coefficient (Wildman–Crippen LogP) is 2.21. The largest absolute Gasteiger partial charge is 0.354 e. The van der Waals surface area contributed by atoms with Gasteiger partial charge in [-0.2, -0.15) is 0 Å². The first-order valence-corrected chi connectivity index (χ1v) is 8.85. The number of pyridine rings is 1. The molecule has 2 heterocycles. The summed E-state index contributed by atoms with van der Waals surface area (Å²) in [4.78, 5) is 6.68. The quantitative estimate of drug-likeness (QED) is 0.798. The third kappa shape index (κ3) is 2.60. The highest BCUT2D eigenvalue weighted by molar-refractivity contribution is 7.91. The predicted molar refractivity (Wildman–Crippen MR) is 82.2 cm³/mol. The molecule has 0 bridgehead atoms. The summed E-state index contributed by atoms with van der Waals surface area (Å²) in [6.45, 7) is 0.967. The van der Waals surface area contributed by atoms with E-state index < -0.39 is 9.84 Å². The maximum Gasteiger partial charge on any atom is 0.153 e. The first kappa shape index (κ1) is 13.6. The van der Waals surface area contributed by atoms with Crippen LogP contribution in [0.2, 0.25) is 0 Å². The van der Waals surface area contributed by atoms with E-state index in [1.165, 1.54) is 0 Å². The summed E-state index contributed by atoms with van der Waals surface area (Å²) < 4.78 is 23.0. The average molecular weight is 311 g/mol. The van der Waals surface area contributed by atoms with Crippen molar-refractivity contribution in [3.63, 3.8) is 0 Å². The smallest absolute Gasteiger partial charge is 0.153 e. The maximum atomic E-state index is 11.5. The number of nitrogens with zero attached hydrogens (tertiary/aromatic N) is 2. The molecule has 1 aromatic heterocycles. The van der Waals surface area contributed by atoms with Gasteiger partial charge in [0.25, 0.3) is 0 Å². The second kappa shape index (κ2) is 5.22. The van der Waals surface area contributed by atoms with Crippen molar-refractivity contribution in [3.05, 3.63) is 35.9 Å². The van der Waals surface area contributed by atoms with Gasteiger partial charge in [-0.15, -0.1) is 11.6 Å². The molecular formula is C14H15ClN2O2S. The van der Waals surface area contributed by atoms with Crippen LogP contribution in [0.4, 0.5) is 5.82 Å². The molecule has 0 radical (unpaired) electrons. The number of sulfone groups is 1. The fourth-order valence-corrected chi connectivity index (χ4v) is 3.84. The molecule has 1 aliphatic heterocycles. The second-order valence-corrected chi connectivity index (χ2v) is 7.51. The topological polar surface area (TPSA) is 50.3 Å². The van der Waals surface area contributed by atoms with Crippen LogP contribution in [0, 0.1) is 0 Å². The van der Waals surface area contributed by atoms with E-state index in [0.717, 1.165) is 22.3 Å². The molecule has 0 atom stereocenters. The third-order valence-electron chi connectivity index (χ3n) is 3.57. The van der Waals surface area contributed by atoms with Gasteiger partial charge >= 0.3 is 0 Å². The fourth-order valence-electron chi connectivity index (χ4n) is 2.45. The van der Waals surface area contributed by atoms with Crippen molar-refractivity contribution in [1.82, 2.24) is 4.98 Å². The van der Waals surface area contributed by atoms with Gasteiger partial charge < -0.3 is 4.90 Å². The van der Waals surface area contributed by atoms with E-state index in [1.807, 2.05) is 35.2 Å². The first-order valence-electron chi connectivity index (χ1n) is 6.49. The summed E-state index contributed by atoms with van der Waals surface area (Å²) in [5.74, 6) is 1.55. The van der Waals surface area contributed by atoms with Gasteiger partial charge in [0.2, 0.25) is 0 Å². The number of benzene rings is 1. The van der Waals surface area contributed by atoms with Gasteiger partial charge in [0.1, 0.15) is 5.82 Å². The molecule has 0 amide bonds. The van der Waals surface area contributed by atoms with Gasteiger partial charge in [-0.3, -0.25) is 0 Å². The average Bonchev–Trinajstić information content (AvgIpc) is 2.46. The van der Waals surface area contributed by atoms with Crippen LogP contribution in [0.1, 0.15) is 5.56 Å². The monoisotopic (exact) mass is 310 g/mol. The van der Waals surface area contributed by atoms with E-state index >= 15 is 0 Å². The molecule has 1 aromatic carbocycles. The molecular weight excluding hydrogens is 296 g/mol. The number of fused-ring (bicyclic) bond motifs is 1. The van der Waals surface area contributed by atoms with Crippen molar-refractivity contribution < 1.29 is 8.42 Å². The Morgan fingerprint density at radius 1 is 1.20 bits per heavy atom. The van der Waals surface area contributed by atoms with Crippen LogP contribution >= 0.6 is 11.6 Å². The van der Waals surface area contributed by atoms with Crippen LogP contribution in [-0.2, 0) is 15.7 Å². The van der Waals surface area contributed by atoms with Crippen molar-refractivity contribution in [3.8, 4) is 0 Å². The van der Waals surface area contributed by atoms with Crippen molar-refractivity contribution >= 4 is 38.2 Å². The molecule has 106 valence electrons. The van der Waals surface area contributed by atoms with Crippen LogP contribution in [0.3, 0.4) is 0 Å². The van der Waals surface area contributed by atoms with E-state index in [-0.39, 0.29) is 11.5 Å². The number of hydrogen-bond donors (Lipinski definition) is 0. The summed E-state index contributed by atoms with van der Waals surface area (Å²) in [5.41, 5.74) is 1.86. The normalized spacial score (nSPS) is 18.4. The lowest BCUT2D eigenvalue weighted by molar-refractivity contribution is 0.586. The van der Waals surface area contributed by atoms with Gasteiger partial charge in [-0.05, 0) is 12.1 Å². The summed E-state index contributed by atoms with van der Waals surface area (Å²) in [6, 6.07) is 9.91. The molecule has 6 heteroatoms. The zero-order valence-corrected chi connectivity index (χ0v) is 12.5. The number of anilines is 1. The Morgan fingerprint density at radius 2 is 1.90 bits per heavy atom. The van der Waals surface area contributed by atoms with Crippen molar-refractivity contribution in [1.29, 1.82) is 0 Å². The van der Waals surface area contributed by atoms with Crippen LogP contribution in [0.25, 0.3) is 10.9 Å². The highest BCUT2D eigenvalue weighted by atomic mass is 35.5. The number of alkyl halides is 1. The lowest BCUT2D eigenvalue weighted by atomic mass is 10.1. The molecule has 20 heavy (non-hydrogen) atoms. The highest BCUT2D eigenvalue weighted by Crippen LogP contribution is 2.26. The molecule has 2 aromatic rings. The zero-order chi connectivity index (χ0) is 14.2. The van der Waals surface area contributed by atoms with Crippen LogP contribution in [0.15, 0.2) is 30.3 Å². The van der Waals surface area contributed by atoms with Gasteiger partial charge in [0.15, 0.2) is 9.84 Å². The minimum absolute atomic E-state index is 0.184. The second-order valence-electron chi connectivity index (χ2n) is 4.94. The molecule has 1 aliphatic rings. The SMILES string of the molecule is O=S1(=O)CCN(c2nc3ccccc3cc2CCl)CC1. The number of para-hydroxylation sites is 1. The first-order chi connectivity index (χ1) is 9.59. The van der Waals surface area contributed by atoms with Crippen molar-refractivity contribution in [2.75, 3.05) is 29.5 Å². The fraction of sp³-hybridized carbons (Fsp3) is 0.357. The highest BCUT2D eigenvalue weighted by Gasteiger charge is 2.24. The minimum Gasteiger partial charge on any atom is -0.354 e. The van der Waals surface area contributed by atoms with E-state index in [1.54, 1.807) is 0 Å². The Balaban J connectivity index is 2.02. The molecule has 3 rings (SSSR count). The van der Waals surface area contributed by atoms with Crippen molar-refractivity contribution in [2.24, 2.45) is 0 Å². The lowest BCUT2D eigenvalue weighted by Crippen LogP contribution is -2.41. The van der Waals surface area contributed by atoms with E-state index in [0.29, 0.717) is 19.0 Å². The lowest BCUT2D eigenvalue weighted by Gasteiger charge is -2.29. The Kier molecular flexibility index (Phi) is 3.56. The number of hydrogen-bond acceptors (Lipinski definition) is 4. The zero-order valence-electron chi connectivity index (χ0n) is 10.9. The Morgan fingerprint density at radius 3 is 2.60 bits per heavy atom. The molecule has 0 saturated carbocycles. The Hall–Kier alpha value is -1.33. The molecule has 1 saturated heterocycles. The van der Waals surface area contributed by atoms with Crippen LogP contribution in [0.5, 0.6) is 0 Å². The minimum atomic E-state index is -2.89. The molecule has 0 spiro atoms. The molecule has 0 N–H and O–H groups in total. The number of halogens is 1. The van der Waals surface area contributed by atoms with Gasteiger partial charge in [-0.25, -0.2) is 13.4 Å². The Labute approximate surface area is 123 Å². The summed E-state index contributed by atoms with van der Waals surface area (Å²) in [7, 11) is -2.89. The molecule has 0 aliphatic carbocycles. The standard InChI is InChI=1S/C14H15ClN2O2S/c15-10-12-9-11-3-1-2-4-13(11)16-14(12)17-5-7-20(18,19)8-6-17/h1-4,9H,5-8,10H2. The summed E-state index contributed by atoms with van der Waals surface area (Å²) >= 11 is 6.02. The number of rotatable bonds is 2. The van der Waals surface area contributed by atoms with Gasteiger partial charge in [0, 0.05) is 24.0 Å². The molecule has 0 unspecified atom stereocenters. The van der Waals surface area contributed by atoms with Crippen LogP contribution in [-0.4, -0.2) is 38.0 Å². The van der Waals surface area contributed by atoms with E-state index in [9.17, 15) is 8.42 Å². The summed E-state index contributed by atoms with van der Waals surface area (Å²) in [6.07, 6.45) is 0. The van der Waals surface area contributed by atoms with Crippen molar-refractivity contribution in [2.45, 2.75) is 5.88 Å². The summed E-state index contributed by atoms with van der Waals surface area (Å²) in [5, 5.41) is 1.05. The third-order valence-corrected chi connectivity index (χ3v) is 5.47. The van der Waals surface area contributed by atoms with Crippen LogP contribution < -0.4 is 4.90 Å². The maximum absolute atomic E-state index is 11.5. The molecule has 1 fully saturated rings. The number of aromatic nitrogens is 1. The Bertz CT molecular complexity index is 732. The van der Waals surface area contributed by atoms with E-state index in [2.05, 4.69) is 4.98 Å².